The first kappa shape index (κ1) is 20.1. The molecule has 2 aromatic heterocycles. The summed E-state index contributed by atoms with van der Waals surface area (Å²) >= 11 is 0. The Morgan fingerprint density at radius 1 is 1.50 bits per heavy atom. The Kier molecular flexibility index (Phi) is 5.33. The van der Waals surface area contributed by atoms with Gasteiger partial charge in [0.15, 0.2) is 5.82 Å². The fraction of sp³-hybridized carbons (Fsp3) is 0.529. The van der Waals surface area contributed by atoms with Crippen molar-refractivity contribution in [1.82, 2.24) is 14.6 Å². The fourth-order valence-corrected chi connectivity index (χ4v) is 3.14. The lowest BCUT2D eigenvalue weighted by molar-refractivity contribution is -0.118. The van der Waals surface area contributed by atoms with Crippen molar-refractivity contribution in [2.24, 2.45) is 11.7 Å². The summed E-state index contributed by atoms with van der Waals surface area (Å²) in [5.74, 6) is -0.343. The zero-order valence-corrected chi connectivity index (χ0v) is 15.4. The van der Waals surface area contributed by atoms with Crippen LogP contribution >= 0.6 is 0 Å². The molecule has 0 spiro atoms. The van der Waals surface area contributed by atoms with Crippen LogP contribution in [0.1, 0.15) is 19.5 Å². The highest BCUT2D eigenvalue weighted by atomic mass is 16.6. The maximum Gasteiger partial charge on any atom is 0.242 e. The van der Waals surface area contributed by atoms with Crippen molar-refractivity contribution in [1.29, 1.82) is 5.26 Å². The van der Waals surface area contributed by atoms with E-state index in [4.69, 9.17) is 10.5 Å². The normalized spacial score (nSPS) is 28.4. The van der Waals surface area contributed by atoms with Crippen LogP contribution in [-0.2, 0) is 15.1 Å². The Balaban J connectivity index is 2.04. The van der Waals surface area contributed by atoms with Crippen LogP contribution in [-0.4, -0.2) is 66.8 Å². The smallest absolute Gasteiger partial charge is 0.242 e. The highest BCUT2D eigenvalue weighted by Gasteiger charge is 2.57. The minimum Gasteiger partial charge on any atom is -0.394 e. The molecule has 2 aromatic rings. The van der Waals surface area contributed by atoms with E-state index in [2.05, 4.69) is 15.4 Å². The van der Waals surface area contributed by atoms with Crippen molar-refractivity contribution in [2.75, 3.05) is 11.9 Å². The van der Waals surface area contributed by atoms with Gasteiger partial charge in [-0.3, -0.25) is 4.79 Å². The van der Waals surface area contributed by atoms with Crippen molar-refractivity contribution < 1.29 is 24.9 Å². The number of nitrogens with two attached hydrogens (primary N) is 1. The quantitative estimate of drug-likeness (QED) is 0.405. The number of fused-ring (bicyclic) bond motifs is 1. The van der Waals surface area contributed by atoms with Crippen LogP contribution in [0.5, 0.6) is 0 Å². The fourth-order valence-electron chi connectivity index (χ4n) is 3.14. The lowest BCUT2D eigenvalue weighted by atomic mass is 9.92. The van der Waals surface area contributed by atoms with Gasteiger partial charge < -0.3 is 31.1 Å². The topological polar surface area (TPSA) is 179 Å². The van der Waals surface area contributed by atoms with Crippen LogP contribution in [0, 0.1) is 17.2 Å². The molecule has 1 aliphatic rings. The lowest BCUT2D eigenvalue weighted by Crippen LogP contribution is -2.41. The number of carbonyl (C=O) groups excluding carboxylic acids is 1. The Morgan fingerprint density at radius 3 is 2.79 bits per heavy atom. The Hall–Kier alpha value is -2.62. The van der Waals surface area contributed by atoms with Gasteiger partial charge in [0.05, 0.1) is 18.3 Å². The maximum absolute atomic E-state index is 12.3. The molecule has 150 valence electrons. The molecule has 1 aliphatic heterocycles. The van der Waals surface area contributed by atoms with Crippen molar-refractivity contribution in [3.63, 3.8) is 0 Å². The Bertz CT molecular complexity index is 924. The van der Waals surface area contributed by atoms with Crippen molar-refractivity contribution in [3.8, 4) is 6.07 Å². The van der Waals surface area contributed by atoms with Crippen LogP contribution in [0.15, 0.2) is 18.5 Å². The van der Waals surface area contributed by atoms with Gasteiger partial charge in [0.1, 0.15) is 36.2 Å². The molecule has 1 fully saturated rings. The maximum atomic E-state index is 12.3. The standard InChI is InChI=1S/C17H22N6O5/c1-8(2)12(19)16(27)22-15-9-3-4-11(23(9)21-7-20-15)17(6-18)14(26)13(25)10(5-24)28-17/h3-4,7-8,10,12-14,24-26H,5,19H2,1-2H3,(H,20,21,22,27)/t10-,12?,13-,14-,17+/m1/s1. The number of nitriles is 1. The van der Waals surface area contributed by atoms with Gasteiger partial charge >= 0.3 is 0 Å². The first-order valence-electron chi connectivity index (χ1n) is 8.72. The van der Waals surface area contributed by atoms with E-state index in [9.17, 15) is 25.4 Å². The summed E-state index contributed by atoms with van der Waals surface area (Å²) in [6.07, 6.45) is -3.04. The number of nitrogens with one attached hydrogen (secondary N) is 1. The number of carbonyl (C=O) groups is 1. The van der Waals surface area contributed by atoms with E-state index >= 15 is 0 Å². The van der Waals surface area contributed by atoms with Gasteiger partial charge in [-0.2, -0.15) is 10.4 Å². The highest BCUT2D eigenvalue weighted by Crippen LogP contribution is 2.40. The molecule has 3 rings (SSSR count). The van der Waals surface area contributed by atoms with Crippen LogP contribution in [0.2, 0.25) is 0 Å². The zero-order valence-electron chi connectivity index (χ0n) is 15.4. The summed E-state index contributed by atoms with van der Waals surface area (Å²) in [5.41, 5.74) is 4.36. The monoisotopic (exact) mass is 390 g/mol. The average Bonchev–Trinajstić information content (AvgIpc) is 3.22. The summed E-state index contributed by atoms with van der Waals surface area (Å²) < 4.78 is 6.80. The molecule has 0 saturated carbocycles. The highest BCUT2D eigenvalue weighted by molar-refractivity contribution is 5.97. The minimum atomic E-state index is -1.96. The molecule has 0 aliphatic carbocycles. The first-order valence-corrected chi connectivity index (χ1v) is 8.72. The van der Waals surface area contributed by atoms with Crippen LogP contribution in [0.25, 0.3) is 5.52 Å². The molecule has 1 amide bonds. The number of ether oxygens (including phenoxy) is 1. The first-order chi connectivity index (χ1) is 13.3. The number of amides is 1. The zero-order chi connectivity index (χ0) is 20.6. The minimum absolute atomic E-state index is 0.0824. The number of nitrogens with zero attached hydrogens (tertiary/aromatic N) is 4. The molecular formula is C17H22N6O5. The predicted octanol–water partition coefficient (Wildman–Crippen LogP) is -1.52. The number of hydrogen-bond donors (Lipinski definition) is 5. The van der Waals surface area contributed by atoms with Crippen molar-refractivity contribution in [2.45, 2.75) is 43.8 Å². The number of anilines is 1. The number of hydrogen-bond acceptors (Lipinski definition) is 9. The molecule has 5 atom stereocenters. The Morgan fingerprint density at radius 2 is 2.21 bits per heavy atom. The molecule has 1 unspecified atom stereocenters. The third-order valence-corrected chi connectivity index (χ3v) is 4.90. The second-order valence-corrected chi connectivity index (χ2v) is 7.01. The third kappa shape index (κ3) is 3.01. The van der Waals surface area contributed by atoms with E-state index in [0.29, 0.717) is 5.52 Å². The summed E-state index contributed by atoms with van der Waals surface area (Å²) in [5, 5.41) is 46.3. The molecule has 11 heteroatoms. The van der Waals surface area contributed by atoms with E-state index < -0.39 is 42.5 Å². The Labute approximate surface area is 160 Å². The van der Waals surface area contributed by atoms with Crippen molar-refractivity contribution >= 4 is 17.2 Å². The molecule has 28 heavy (non-hydrogen) atoms. The lowest BCUT2D eigenvalue weighted by Gasteiger charge is -2.24. The van der Waals surface area contributed by atoms with Gasteiger partial charge in [-0.15, -0.1) is 0 Å². The molecular weight excluding hydrogens is 368 g/mol. The molecule has 11 nitrogen and oxygen atoms in total. The van der Waals surface area contributed by atoms with Crippen molar-refractivity contribution in [3.05, 3.63) is 24.2 Å². The molecule has 0 aromatic carbocycles. The molecule has 1 saturated heterocycles. The van der Waals surface area contributed by atoms with Gasteiger partial charge in [-0.25, -0.2) is 9.50 Å². The number of rotatable bonds is 5. The van der Waals surface area contributed by atoms with E-state index in [1.807, 2.05) is 19.9 Å². The molecule has 6 N–H and O–H groups in total. The summed E-state index contributed by atoms with van der Waals surface area (Å²) in [7, 11) is 0. The van der Waals surface area contributed by atoms with Gasteiger partial charge in [0.2, 0.25) is 11.5 Å². The van der Waals surface area contributed by atoms with E-state index in [1.165, 1.54) is 16.9 Å². The van der Waals surface area contributed by atoms with E-state index in [1.54, 1.807) is 6.07 Å². The summed E-state index contributed by atoms with van der Waals surface area (Å²) in [6.45, 7) is 3.05. The second-order valence-electron chi connectivity index (χ2n) is 7.01. The van der Waals surface area contributed by atoms with Gasteiger partial charge in [0.25, 0.3) is 0 Å². The number of aliphatic hydroxyl groups is 3. The van der Waals surface area contributed by atoms with Crippen LogP contribution in [0.3, 0.4) is 0 Å². The van der Waals surface area contributed by atoms with Gasteiger partial charge in [0, 0.05) is 0 Å². The SMILES string of the molecule is CC(C)C(N)C(=O)Nc1ncnn2c([C@]3(C#N)O[C@H](CO)[C@@H](O)[C@H]3O)ccc12. The number of aromatic nitrogens is 3. The van der Waals surface area contributed by atoms with E-state index in [-0.39, 0.29) is 17.4 Å². The van der Waals surface area contributed by atoms with Gasteiger partial charge in [-0.05, 0) is 18.1 Å². The average molecular weight is 390 g/mol. The third-order valence-electron chi connectivity index (χ3n) is 4.90. The van der Waals surface area contributed by atoms with Crippen LogP contribution in [0.4, 0.5) is 5.82 Å². The number of aliphatic hydroxyl groups excluding tert-OH is 3. The van der Waals surface area contributed by atoms with Crippen LogP contribution < -0.4 is 11.1 Å². The summed E-state index contributed by atoms with van der Waals surface area (Å²) in [4.78, 5) is 16.3. The molecule has 0 bridgehead atoms. The largest absolute Gasteiger partial charge is 0.394 e. The summed E-state index contributed by atoms with van der Waals surface area (Å²) in [6, 6.07) is 4.15. The van der Waals surface area contributed by atoms with Gasteiger partial charge in [-0.1, -0.05) is 13.8 Å². The predicted molar refractivity (Wildman–Crippen MR) is 95.7 cm³/mol. The van der Waals surface area contributed by atoms with E-state index in [0.717, 1.165) is 0 Å². The molecule has 3 heterocycles. The molecule has 0 radical (unpaired) electrons. The second kappa shape index (κ2) is 7.42.